The van der Waals surface area contributed by atoms with Crippen LogP contribution in [0.25, 0.3) is 0 Å². The summed E-state index contributed by atoms with van der Waals surface area (Å²) in [4.78, 5) is 4.13. The SMILES string of the molecule is CN=C(NCC(OC)C(C)(C)C)NC(C)c1ccc(F)cc1F. The Morgan fingerprint density at radius 1 is 1.30 bits per heavy atom. The number of hydrogen-bond donors (Lipinski definition) is 2. The monoisotopic (exact) mass is 327 g/mol. The number of aliphatic imine (C=N–C) groups is 1. The third-order valence-electron chi connectivity index (χ3n) is 3.71. The summed E-state index contributed by atoms with van der Waals surface area (Å²) in [5, 5.41) is 6.27. The quantitative estimate of drug-likeness (QED) is 0.644. The van der Waals surface area contributed by atoms with E-state index in [9.17, 15) is 8.78 Å². The van der Waals surface area contributed by atoms with Gasteiger partial charge >= 0.3 is 0 Å². The number of nitrogens with zero attached hydrogens (tertiary/aromatic N) is 1. The highest BCUT2D eigenvalue weighted by molar-refractivity contribution is 5.80. The molecule has 0 fully saturated rings. The first-order chi connectivity index (χ1) is 10.7. The van der Waals surface area contributed by atoms with Gasteiger partial charge in [-0.25, -0.2) is 8.78 Å². The van der Waals surface area contributed by atoms with E-state index in [1.165, 1.54) is 12.1 Å². The van der Waals surface area contributed by atoms with Crippen molar-refractivity contribution < 1.29 is 13.5 Å². The van der Waals surface area contributed by atoms with Gasteiger partial charge in [-0.2, -0.15) is 0 Å². The largest absolute Gasteiger partial charge is 0.379 e. The predicted octanol–water partition coefficient (Wildman–Crippen LogP) is 3.25. The minimum atomic E-state index is -0.589. The van der Waals surface area contributed by atoms with Gasteiger partial charge < -0.3 is 15.4 Å². The van der Waals surface area contributed by atoms with Gasteiger partial charge in [0.25, 0.3) is 0 Å². The highest BCUT2D eigenvalue weighted by atomic mass is 19.1. The van der Waals surface area contributed by atoms with Gasteiger partial charge in [0, 0.05) is 32.3 Å². The Bertz CT molecular complexity index is 541. The van der Waals surface area contributed by atoms with Crippen molar-refractivity contribution in [3.8, 4) is 0 Å². The lowest BCUT2D eigenvalue weighted by molar-refractivity contribution is 0.0205. The molecule has 0 bridgehead atoms. The lowest BCUT2D eigenvalue weighted by Gasteiger charge is -2.30. The van der Waals surface area contributed by atoms with Gasteiger partial charge in [-0.3, -0.25) is 4.99 Å². The van der Waals surface area contributed by atoms with Gasteiger partial charge in [-0.05, 0) is 18.4 Å². The molecule has 0 radical (unpaired) electrons. The highest BCUT2D eigenvalue weighted by Crippen LogP contribution is 2.21. The minimum absolute atomic E-state index is 0.00101. The zero-order chi connectivity index (χ0) is 17.6. The third-order valence-corrected chi connectivity index (χ3v) is 3.71. The second kappa shape index (κ2) is 8.24. The molecular weight excluding hydrogens is 300 g/mol. The summed E-state index contributed by atoms with van der Waals surface area (Å²) in [6.07, 6.45) is -0.00101. The average Bonchev–Trinajstić information content (AvgIpc) is 2.44. The van der Waals surface area contributed by atoms with Gasteiger partial charge in [-0.1, -0.05) is 26.8 Å². The molecule has 23 heavy (non-hydrogen) atoms. The molecule has 1 aromatic carbocycles. The lowest BCUT2D eigenvalue weighted by atomic mass is 9.89. The zero-order valence-electron chi connectivity index (χ0n) is 14.7. The van der Waals surface area contributed by atoms with Gasteiger partial charge in [0.1, 0.15) is 11.6 Å². The second-order valence-electron chi connectivity index (χ2n) is 6.58. The molecule has 1 rings (SSSR count). The number of rotatable bonds is 5. The maximum absolute atomic E-state index is 13.8. The van der Waals surface area contributed by atoms with Crippen LogP contribution in [0.4, 0.5) is 8.78 Å². The first-order valence-corrected chi connectivity index (χ1v) is 7.64. The summed E-state index contributed by atoms with van der Waals surface area (Å²) in [6.45, 7) is 8.64. The molecule has 0 aromatic heterocycles. The van der Waals surface area contributed by atoms with Crippen LogP contribution in [-0.2, 0) is 4.74 Å². The van der Waals surface area contributed by atoms with E-state index in [0.29, 0.717) is 18.1 Å². The molecule has 0 aliphatic carbocycles. The molecule has 0 spiro atoms. The van der Waals surface area contributed by atoms with E-state index in [0.717, 1.165) is 6.07 Å². The molecule has 6 heteroatoms. The van der Waals surface area contributed by atoms with Gasteiger partial charge in [-0.15, -0.1) is 0 Å². The van der Waals surface area contributed by atoms with Crippen molar-refractivity contribution in [2.24, 2.45) is 10.4 Å². The smallest absolute Gasteiger partial charge is 0.191 e. The van der Waals surface area contributed by atoms with Crippen molar-refractivity contribution >= 4 is 5.96 Å². The van der Waals surface area contributed by atoms with Crippen LogP contribution in [0.2, 0.25) is 0 Å². The van der Waals surface area contributed by atoms with Crippen molar-refractivity contribution in [1.29, 1.82) is 0 Å². The van der Waals surface area contributed by atoms with Gasteiger partial charge in [0.15, 0.2) is 5.96 Å². The maximum atomic E-state index is 13.8. The minimum Gasteiger partial charge on any atom is -0.379 e. The van der Waals surface area contributed by atoms with Crippen LogP contribution in [0.5, 0.6) is 0 Å². The van der Waals surface area contributed by atoms with Crippen molar-refractivity contribution in [1.82, 2.24) is 10.6 Å². The van der Waals surface area contributed by atoms with Crippen molar-refractivity contribution in [3.63, 3.8) is 0 Å². The van der Waals surface area contributed by atoms with E-state index in [1.54, 1.807) is 21.1 Å². The summed E-state index contributed by atoms with van der Waals surface area (Å²) in [7, 11) is 3.31. The normalized spacial score (nSPS) is 15.2. The van der Waals surface area contributed by atoms with E-state index in [4.69, 9.17) is 4.74 Å². The molecule has 0 saturated carbocycles. The Morgan fingerprint density at radius 3 is 2.43 bits per heavy atom. The van der Waals surface area contributed by atoms with Crippen LogP contribution in [0.15, 0.2) is 23.2 Å². The van der Waals surface area contributed by atoms with E-state index >= 15 is 0 Å². The molecule has 2 unspecified atom stereocenters. The van der Waals surface area contributed by atoms with E-state index in [1.807, 2.05) is 0 Å². The Morgan fingerprint density at radius 2 is 1.96 bits per heavy atom. The molecule has 1 aromatic rings. The number of benzene rings is 1. The van der Waals surface area contributed by atoms with Crippen LogP contribution >= 0.6 is 0 Å². The molecule has 0 aliphatic rings. The molecule has 2 N–H and O–H groups in total. The number of guanidine groups is 1. The molecule has 130 valence electrons. The fourth-order valence-electron chi connectivity index (χ4n) is 2.26. The lowest BCUT2D eigenvalue weighted by Crippen LogP contribution is -2.45. The van der Waals surface area contributed by atoms with E-state index < -0.39 is 11.6 Å². The van der Waals surface area contributed by atoms with Crippen LogP contribution in [0.3, 0.4) is 0 Å². The Balaban J connectivity index is 2.69. The fourth-order valence-corrected chi connectivity index (χ4v) is 2.26. The van der Waals surface area contributed by atoms with Crippen molar-refractivity contribution in [3.05, 3.63) is 35.4 Å². The number of halogens is 2. The van der Waals surface area contributed by atoms with Gasteiger partial charge in [0.2, 0.25) is 0 Å². The number of nitrogens with one attached hydrogen (secondary N) is 2. The molecule has 0 saturated heterocycles. The Kier molecular flexibility index (Phi) is 6.94. The second-order valence-corrected chi connectivity index (χ2v) is 6.58. The van der Waals surface area contributed by atoms with Crippen LogP contribution in [0.1, 0.15) is 39.3 Å². The number of methoxy groups -OCH3 is 1. The average molecular weight is 327 g/mol. The summed E-state index contributed by atoms with van der Waals surface area (Å²) in [5.74, 6) is -0.633. The number of hydrogen-bond acceptors (Lipinski definition) is 2. The summed E-state index contributed by atoms with van der Waals surface area (Å²) in [5.41, 5.74) is 0.364. The molecule has 4 nitrogen and oxygen atoms in total. The van der Waals surface area contributed by atoms with Crippen LogP contribution in [0, 0.1) is 17.0 Å². The van der Waals surface area contributed by atoms with E-state index in [-0.39, 0.29) is 17.6 Å². The maximum Gasteiger partial charge on any atom is 0.191 e. The fraction of sp³-hybridized carbons (Fsp3) is 0.588. The summed E-state index contributed by atoms with van der Waals surface area (Å²) in [6, 6.07) is 3.21. The predicted molar refractivity (Wildman–Crippen MR) is 89.5 cm³/mol. The number of ether oxygens (including phenoxy) is 1. The molecule has 0 amide bonds. The van der Waals surface area contributed by atoms with Crippen LogP contribution < -0.4 is 10.6 Å². The Hall–Kier alpha value is -1.69. The first-order valence-electron chi connectivity index (χ1n) is 7.64. The molecule has 2 atom stereocenters. The molecular formula is C17H27F2N3O. The Labute approximate surface area is 137 Å². The summed E-state index contributed by atoms with van der Waals surface area (Å²) >= 11 is 0. The molecule has 0 aliphatic heterocycles. The first kappa shape index (κ1) is 19.4. The van der Waals surface area contributed by atoms with Crippen LogP contribution in [-0.4, -0.2) is 32.8 Å². The zero-order valence-corrected chi connectivity index (χ0v) is 14.7. The van der Waals surface area contributed by atoms with E-state index in [2.05, 4.69) is 36.4 Å². The standard InChI is InChI=1S/C17H27F2N3O/c1-11(13-8-7-12(18)9-14(13)19)22-16(20-5)21-10-15(23-6)17(2,3)4/h7-9,11,15H,10H2,1-6H3,(H2,20,21,22). The van der Waals surface area contributed by atoms with Gasteiger partial charge in [0.05, 0.1) is 12.1 Å². The van der Waals surface area contributed by atoms with Crippen molar-refractivity contribution in [2.75, 3.05) is 20.7 Å². The summed E-state index contributed by atoms with van der Waals surface area (Å²) < 4.78 is 32.3. The van der Waals surface area contributed by atoms with Crippen molar-refractivity contribution in [2.45, 2.75) is 39.8 Å². The third kappa shape index (κ3) is 5.78. The highest BCUT2D eigenvalue weighted by Gasteiger charge is 2.24. The topological polar surface area (TPSA) is 45.7 Å². The molecule has 0 heterocycles.